The lowest BCUT2D eigenvalue weighted by Gasteiger charge is -2.27. The van der Waals surface area contributed by atoms with Gasteiger partial charge in [-0.3, -0.25) is 14.9 Å². The van der Waals surface area contributed by atoms with Crippen LogP contribution < -0.4 is 10.6 Å². The van der Waals surface area contributed by atoms with Crippen LogP contribution in [0.4, 0.5) is 5.69 Å². The first-order valence-electron chi connectivity index (χ1n) is 7.65. The normalized spacial score (nSPS) is 15.3. The summed E-state index contributed by atoms with van der Waals surface area (Å²) in [6.07, 6.45) is 2.65. The molecule has 1 aromatic carbocycles. The summed E-state index contributed by atoms with van der Waals surface area (Å²) in [7, 11) is 0. The molecule has 7 nitrogen and oxygen atoms in total. The van der Waals surface area contributed by atoms with E-state index in [4.69, 9.17) is 0 Å². The fourth-order valence-corrected chi connectivity index (χ4v) is 3.06. The summed E-state index contributed by atoms with van der Waals surface area (Å²) in [5, 5.41) is 17.2. The molecule has 1 heterocycles. The Morgan fingerprint density at radius 1 is 1.43 bits per heavy atom. The van der Waals surface area contributed by atoms with Gasteiger partial charge in [-0.15, -0.1) is 11.8 Å². The van der Waals surface area contributed by atoms with E-state index in [9.17, 15) is 14.9 Å². The highest BCUT2D eigenvalue weighted by atomic mass is 32.2. The van der Waals surface area contributed by atoms with Gasteiger partial charge < -0.3 is 15.5 Å². The zero-order chi connectivity index (χ0) is 16.7. The number of nitrogens with one attached hydrogen (secondary N) is 2. The summed E-state index contributed by atoms with van der Waals surface area (Å²) in [4.78, 5) is 25.6. The van der Waals surface area contributed by atoms with Crippen molar-refractivity contribution in [3.05, 3.63) is 33.9 Å². The summed E-state index contributed by atoms with van der Waals surface area (Å²) in [6.45, 7) is 5.62. The number of amides is 1. The lowest BCUT2D eigenvalue weighted by atomic mass is 10.2. The quantitative estimate of drug-likeness (QED) is 0.338. The zero-order valence-electron chi connectivity index (χ0n) is 13.2. The number of carbonyl (C=O) groups excluding carboxylic acids is 1. The van der Waals surface area contributed by atoms with Crippen LogP contribution in [0, 0.1) is 10.1 Å². The largest absolute Gasteiger partial charge is 0.352 e. The van der Waals surface area contributed by atoms with Crippen molar-refractivity contribution in [1.29, 1.82) is 0 Å². The smallest absolute Gasteiger partial charge is 0.283 e. The summed E-state index contributed by atoms with van der Waals surface area (Å²) >= 11 is 1.30. The van der Waals surface area contributed by atoms with E-state index in [1.807, 2.05) is 0 Å². The monoisotopic (exact) mass is 338 g/mol. The first kappa shape index (κ1) is 17.7. The average molecular weight is 338 g/mol. The maximum Gasteiger partial charge on any atom is 0.283 e. The molecular weight excluding hydrogens is 316 g/mol. The molecule has 0 saturated carbocycles. The Hall–Kier alpha value is -1.64. The molecule has 0 atom stereocenters. The summed E-state index contributed by atoms with van der Waals surface area (Å²) < 4.78 is 0. The van der Waals surface area contributed by atoms with E-state index in [0.717, 1.165) is 39.1 Å². The minimum atomic E-state index is -0.451. The van der Waals surface area contributed by atoms with Gasteiger partial charge in [0.25, 0.3) is 11.6 Å². The molecule has 0 aliphatic carbocycles. The van der Waals surface area contributed by atoms with E-state index >= 15 is 0 Å². The number of nitro benzene ring substituents is 1. The fourth-order valence-electron chi connectivity index (χ4n) is 2.52. The third-order valence-electron chi connectivity index (χ3n) is 3.78. The Balaban J connectivity index is 1.83. The second-order valence-corrected chi connectivity index (χ2v) is 6.19. The Labute approximate surface area is 140 Å². The standard InChI is InChI=1S/C15H22N4O3S/c1-23-14-4-3-12(11-13(14)19(21)22)15(20)17-5-2-8-18-9-6-16-7-10-18/h3-4,11,16H,2,5-10H2,1H3,(H,17,20). The van der Waals surface area contributed by atoms with Crippen LogP contribution in [0.15, 0.2) is 23.1 Å². The van der Waals surface area contributed by atoms with Crippen LogP contribution >= 0.6 is 11.8 Å². The molecule has 1 saturated heterocycles. The molecule has 0 aromatic heterocycles. The first-order valence-corrected chi connectivity index (χ1v) is 8.88. The van der Waals surface area contributed by atoms with E-state index in [1.54, 1.807) is 18.4 Å². The molecule has 23 heavy (non-hydrogen) atoms. The Bertz CT molecular complexity index is 562. The Morgan fingerprint density at radius 2 is 2.17 bits per heavy atom. The lowest BCUT2D eigenvalue weighted by Crippen LogP contribution is -2.44. The second-order valence-electron chi connectivity index (χ2n) is 5.34. The Morgan fingerprint density at radius 3 is 2.83 bits per heavy atom. The predicted octanol–water partition coefficient (Wildman–Crippen LogP) is 1.34. The lowest BCUT2D eigenvalue weighted by molar-refractivity contribution is -0.387. The van der Waals surface area contributed by atoms with Crippen LogP contribution in [0.2, 0.25) is 0 Å². The van der Waals surface area contributed by atoms with Crippen molar-refractivity contribution < 1.29 is 9.72 Å². The third-order valence-corrected chi connectivity index (χ3v) is 4.57. The van der Waals surface area contributed by atoms with Gasteiger partial charge in [-0.25, -0.2) is 0 Å². The number of carbonyl (C=O) groups is 1. The zero-order valence-corrected chi connectivity index (χ0v) is 14.0. The van der Waals surface area contributed by atoms with Crippen molar-refractivity contribution in [2.24, 2.45) is 0 Å². The molecule has 1 amide bonds. The number of nitrogens with zero attached hydrogens (tertiary/aromatic N) is 2. The minimum Gasteiger partial charge on any atom is -0.352 e. The van der Waals surface area contributed by atoms with Gasteiger partial charge in [-0.2, -0.15) is 0 Å². The molecule has 1 aliphatic rings. The third kappa shape index (κ3) is 5.19. The number of hydrogen-bond donors (Lipinski definition) is 2. The van der Waals surface area contributed by atoms with Crippen LogP contribution in [0.3, 0.4) is 0 Å². The van der Waals surface area contributed by atoms with Gasteiger partial charge in [0.2, 0.25) is 0 Å². The first-order chi connectivity index (χ1) is 11.1. The average Bonchev–Trinajstić information content (AvgIpc) is 2.58. The summed E-state index contributed by atoms with van der Waals surface area (Å²) in [6, 6.07) is 4.60. The van der Waals surface area contributed by atoms with Gasteiger partial charge >= 0.3 is 0 Å². The van der Waals surface area contributed by atoms with Crippen molar-refractivity contribution in [3.8, 4) is 0 Å². The number of hydrogen-bond acceptors (Lipinski definition) is 6. The van der Waals surface area contributed by atoms with Crippen LogP contribution in [0.25, 0.3) is 0 Å². The second kappa shape index (κ2) is 8.85. The SMILES string of the molecule is CSc1ccc(C(=O)NCCCN2CCNCC2)cc1[N+](=O)[O-]. The fraction of sp³-hybridized carbons (Fsp3) is 0.533. The van der Waals surface area contributed by atoms with E-state index in [1.165, 1.54) is 17.8 Å². The van der Waals surface area contributed by atoms with Gasteiger partial charge in [-0.05, 0) is 31.4 Å². The van der Waals surface area contributed by atoms with Gasteiger partial charge in [0, 0.05) is 44.4 Å². The van der Waals surface area contributed by atoms with Crippen molar-refractivity contribution >= 4 is 23.4 Å². The van der Waals surface area contributed by atoms with Crippen molar-refractivity contribution in [3.63, 3.8) is 0 Å². The molecule has 126 valence electrons. The molecule has 1 fully saturated rings. The van der Waals surface area contributed by atoms with Crippen LogP contribution in [-0.4, -0.2) is 61.3 Å². The Kier molecular flexibility index (Phi) is 6.82. The molecule has 0 bridgehead atoms. The summed E-state index contributed by atoms with van der Waals surface area (Å²) in [5.74, 6) is -0.263. The van der Waals surface area contributed by atoms with Gasteiger partial charge in [-0.1, -0.05) is 0 Å². The van der Waals surface area contributed by atoms with Gasteiger partial charge in [0.1, 0.15) is 0 Å². The number of thioether (sulfide) groups is 1. The van der Waals surface area contributed by atoms with Crippen molar-refractivity contribution in [2.45, 2.75) is 11.3 Å². The number of benzene rings is 1. The maximum absolute atomic E-state index is 12.1. The van der Waals surface area contributed by atoms with Crippen LogP contribution in [0.1, 0.15) is 16.8 Å². The molecule has 8 heteroatoms. The van der Waals surface area contributed by atoms with Crippen molar-refractivity contribution in [2.75, 3.05) is 45.5 Å². The van der Waals surface area contributed by atoms with E-state index in [0.29, 0.717) is 17.0 Å². The summed E-state index contributed by atoms with van der Waals surface area (Å²) in [5.41, 5.74) is 0.308. The highest BCUT2D eigenvalue weighted by molar-refractivity contribution is 7.98. The minimum absolute atomic E-state index is 0.0223. The molecule has 1 aliphatic heterocycles. The number of rotatable bonds is 7. The molecule has 0 spiro atoms. The number of piperazine rings is 1. The molecule has 1 aromatic rings. The highest BCUT2D eigenvalue weighted by Crippen LogP contribution is 2.28. The highest BCUT2D eigenvalue weighted by Gasteiger charge is 2.17. The van der Waals surface area contributed by atoms with Gasteiger partial charge in [0.15, 0.2) is 0 Å². The predicted molar refractivity (Wildman–Crippen MR) is 91.1 cm³/mol. The van der Waals surface area contributed by atoms with E-state index < -0.39 is 4.92 Å². The van der Waals surface area contributed by atoms with E-state index in [2.05, 4.69) is 15.5 Å². The molecule has 0 unspecified atom stereocenters. The van der Waals surface area contributed by atoms with Crippen LogP contribution in [-0.2, 0) is 0 Å². The molecule has 2 N–H and O–H groups in total. The molecule has 2 rings (SSSR count). The molecular formula is C15H22N4O3S. The van der Waals surface area contributed by atoms with Crippen LogP contribution in [0.5, 0.6) is 0 Å². The van der Waals surface area contributed by atoms with Crippen molar-refractivity contribution in [1.82, 2.24) is 15.5 Å². The maximum atomic E-state index is 12.1. The topological polar surface area (TPSA) is 87.5 Å². The molecule has 0 radical (unpaired) electrons. The number of nitro groups is 1. The van der Waals surface area contributed by atoms with Gasteiger partial charge in [0.05, 0.1) is 9.82 Å². The van der Waals surface area contributed by atoms with E-state index in [-0.39, 0.29) is 11.6 Å².